The van der Waals surface area contributed by atoms with Crippen LogP contribution in [0.2, 0.25) is 0 Å². The third-order valence-electron chi connectivity index (χ3n) is 1.87. The Hall–Kier alpha value is -0.170. The van der Waals surface area contributed by atoms with Crippen molar-refractivity contribution in [1.29, 1.82) is 0 Å². The van der Waals surface area contributed by atoms with E-state index < -0.39 is 9.84 Å². The first kappa shape index (κ1) is 13.8. The summed E-state index contributed by atoms with van der Waals surface area (Å²) in [5, 5.41) is 2.95. The molecule has 0 aromatic heterocycles. The zero-order chi connectivity index (χ0) is 11.0. The molecular weight excluding hydrogens is 206 g/mol. The molecule has 0 atom stereocenters. The van der Waals surface area contributed by atoms with E-state index in [1.165, 1.54) is 0 Å². The summed E-state index contributed by atoms with van der Waals surface area (Å²) in [5.41, 5.74) is 0. The fraction of sp³-hybridized carbons (Fsp3) is 1.00. The smallest absolute Gasteiger partial charge is 0.169 e. The van der Waals surface area contributed by atoms with Crippen molar-refractivity contribution in [3.63, 3.8) is 0 Å². The maximum Gasteiger partial charge on any atom is 0.169 e. The molecule has 6 heteroatoms. The molecule has 0 aliphatic heterocycles. The molecule has 14 heavy (non-hydrogen) atoms. The molecule has 0 heterocycles. The number of nitrogens with one attached hydrogen (secondary N) is 1. The van der Waals surface area contributed by atoms with Crippen LogP contribution < -0.4 is 5.32 Å². The summed E-state index contributed by atoms with van der Waals surface area (Å²) in [6.45, 7) is 2.56. The van der Waals surface area contributed by atoms with E-state index in [2.05, 4.69) is 5.32 Å². The topological polar surface area (TPSA) is 64.6 Å². The van der Waals surface area contributed by atoms with Gasteiger partial charge in [0.1, 0.15) is 0 Å². The van der Waals surface area contributed by atoms with Crippen molar-refractivity contribution in [1.82, 2.24) is 5.32 Å². The van der Waals surface area contributed by atoms with Gasteiger partial charge >= 0.3 is 0 Å². The summed E-state index contributed by atoms with van der Waals surface area (Å²) in [6.07, 6.45) is -0.320. The lowest BCUT2D eigenvalue weighted by molar-refractivity contribution is -0.0984. The van der Waals surface area contributed by atoms with Gasteiger partial charge in [-0.15, -0.1) is 0 Å². The zero-order valence-electron chi connectivity index (χ0n) is 8.95. The highest BCUT2D eigenvalue weighted by atomic mass is 32.2. The van der Waals surface area contributed by atoms with E-state index in [1.54, 1.807) is 21.1 Å². The minimum absolute atomic E-state index is 0.156. The van der Waals surface area contributed by atoms with Gasteiger partial charge in [-0.05, 0) is 0 Å². The first-order valence-electron chi connectivity index (χ1n) is 4.52. The van der Waals surface area contributed by atoms with Crippen LogP contribution in [0, 0.1) is 0 Å². The van der Waals surface area contributed by atoms with Gasteiger partial charge in [0.25, 0.3) is 0 Å². The van der Waals surface area contributed by atoms with Crippen LogP contribution >= 0.6 is 0 Å². The average molecular weight is 225 g/mol. The number of hydrogen-bond donors (Lipinski definition) is 1. The highest BCUT2D eigenvalue weighted by Crippen LogP contribution is 1.89. The molecule has 0 spiro atoms. The number of methoxy groups -OCH3 is 2. The Morgan fingerprint density at radius 2 is 1.86 bits per heavy atom. The van der Waals surface area contributed by atoms with Gasteiger partial charge in [-0.2, -0.15) is 0 Å². The summed E-state index contributed by atoms with van der Waals surface area (Å²) in [4.78, 5) is 0. The Morgan fingerprint density at radius 1 is 1.29 bits per heavy atom. The van der Waals surface area contributed by atoms with Crippen molar-refractivity contribution in [2.75, 3.05) is 38.8 Å². The predicted octanol–water partition coefficient (Wildman–Crippen LogP) is -0.370. The maximum absolute atomic E-state index is 11.1. The SMILES string of the molecule is CCS(=O)(=O)CCNCC(OC)OC. The van der Waals surface area contributed by atoms with Crippen LogP contribution in [-0.4, -0.2) is 53.5 Å². The normalized spacial score (nSPS) is 12.3. The second-order valence-electron chi connectivity index (χ2n) is 2.84. The molecule has 0 aromatic rings. The monoisotopic (exact) mass is 225 g/mol. The quantitative estimate of drug-likeness (QED) is 0.451. The van der Waals surface area contributed by atoms with Crippen molar-refractivity contribution in [2.24, 2.45) is 0 Å². The largest absolute Gasteiger partial charge is 0.355 e. The van der Waals surface area contributed by atoms with Crippen molar-refractivity contribution >= 4 is 9.84 Å². The van der Waals surface area contributed by atoms with Crippen molar-refractivity contribution in [2.45, 2.75) is 13.2 Å². The van der Waals surface area contributed by atoms with Crippen LogP contribution in [0.4, 0.5) is 0 Å². The van der Waals surface area contributed by atoms with Crippen LogP contribution in [0.3, 0.4) is 0 Å². The first-order chi connectivity index (χ1) is 6.55. The summed E-state index contributed by atoms with van der Waals surface area (Å²) in [6, 6.07) is 0. The summed E-state index contributed by atoms with van der Waals surface area (Å²) in [5.74, 6) is 0.344. The zero-order valence-corrected chi connectivity index (χ0v) is 9.76. The molecule has 0 radical (unpaired) electrons. The molecule has 0 rings (SSSR count). The van der Waals surface area contributed by atoms with Gasteiger partial charge < -0.3 is 14.8 Å². The van der Waals surface area contributed by atoms with Gasteiger partial charge in [0.15, 0.2) is 16.1 Å². The van der Waals surface area contributed by atoms with E-state index in [4.69, 9.17) is 9.47 Å². The fourth-order valence-corrected chi connectivity index (χ4v) is 1.60. The first-order valence-corrected chi connectivity index (χ1v) is 6.34. The van der Waals surface area contributed by atoms with Crippen molar-refractivity contribution in [3.05, 3.63) is 0 Å². The molecule has 5 nitrogen and oxygen atoms in total. The highest BCUT2D eigenvalue weighted by molar-refractivity contribution is 7.91. The number of rotatable bonds is 8. The Balaban J connectivity index is 3.56. The average Bonchev–Trinajstić information content (AvgIpc) is 2.18. The second kappa shape index (κ2) is 7.17. The van der Waals surface area contributed by atoms with E-state index >= 15 is 0 Å². The van der Waals surface area contributed by atoms with E-state index in [1.807, 2.05) is 0 Å². The van der Waals surface area contributed by atoms with E-state index in [9.17, 15) is 8.42 Å². The molecule has 0 saturated heterocycles. The minimum atomic E-state index is -2.88. The molecule has 0 aromatic carbocycles. The van der Waals surface area contributed by atoms with Gasteiger partial charge in [-0.1, -0.05) is 6.92 Å². The van der Waals surface area contributed by atoms with Crippen LogP contribution in [0.15, 0.2) is 0 Å². The Labute approximate surface area is 85.7 Å². The maximum atomic E-state index is 11.1. The van der Waals surface area contributed by atoms with Crippen LogP contribution in [-0.2, 0) is 19.3 Å². The van der Waals surface area contributed by atoms with Crippen LogP contribution in [0.25, 0.3) is 0 Å². The standard InChI is InChI=1S/C8H19NO4S/c1-4-14(10,11)6-5-9-7-8(12-2)13-3/h8-9H,4-7H2,1-3H3. The molecule has 0 aliphatic carbocycles. The summed E-state index contributed by atoms with van der Waals surface area (Å²) in [7, 11) is 0.206. The van der Waals surface area contributed by atoms with Gasteiger partial charge in [-0.3, -0.25) is 0 Å². The molecule has 1 N–H and O–H groups in total. The molecule has 0 aliphatic rings. The van der Waals surface area contributed by atoms with E-state index in [0.29, 0.717) is 13.1 Å². The van der Waals surface area contributed by atoms with Crippen molar-refractivity contribution < 1.29 is 17.9 Å². The van der Waals surface area contributed by atoms with E-state index in [-0.39, 0.29) is 17.8 Å². The van der Waals surface area contributed by atoms with Crippen LogP contribution in [0.1, 0.15) is 6.92 Å². The van der Waals surface area contributed by atoms with Gasteiger partial charge in [0.2, 0.25) is 0 Å². The number of sulfone groups is 1. The van der Waals surface area contributed by atoms with Crippen LogP contribution in [0.5, 0.6) is 0 Å². The Kier molecular flexibility index (Phi) is 7.08. The highest BCUT2D eigenvalue weighted by Gasteiger charge is 2.08. The molecule has 0 fully saturated rings. The van der Waals surface area contributed by atoms with Gasteiger partial charge in [-0.25, -0.2) is 8.42 Å². The lowest BCUT2D eigenvalue weighted by atomic mass is 10.6. The number of hydrogen-bond acceptors (Lipinski definition) is 5. The number of ether oxygens (including phenoxy) is 2. The fourth-order valence-electron chi connectivity index (χ4n) is 0.855. The molecule has 0 amide bonds. The lowest BCUT2D eigenvalue weighted by Crippen LogP contribution is -2.33. The molecule has 86 valence electrons. The van der Waals surface area contributed by atoms with E-state index in [0.717, 1.165) is 0 Å². The minimum Gasteiger partial charge on any atom is -0.355 e. The summed E-state index contributed by atoms with van der Waals surface area (Å²) >= 11 is 0. The third-order valence-corrected chi connectivity index (χ3v) is 3.57. The molecule has 0 saturated carbocycles. The van der Waals surface area contributed by atoms with Crippen molar-refractivity contribution in [3.8, 4) is 0 Å². The lowest BCUT2D eigenvalue weighted by Gasteiger charge is -2.13. The Bertz CT molecular complexity index is 223. The Morgan fingerprint density at radius 3 is 2.29 bits per heavy atom. The molecular formula is C8H19NO4S. The van der Waals surface area contributed by atoms with Gasteiger partial charge in [0, 0.05) is 33.1 Å². The predicted molar refractivity (Wildman–Crippen MR) is 55.0 cm³/mol. The summed E-state index contributed by atoms with van der Waals surface area (Å²) < 4.78 is 32.0. The molecule has 0 unspecified atom stereocenters. The van der Waals surface area contributed by atoms with Gasteiger partial charge in [0.05, 0.1) is 5.75 Å². The molecule has 0 bridgehead atoms. The third kappa shape index (κ3) is 6.31. The second-order valence-corrected chi connectivity index (χ2v) is 5.31.